The Bertz CT molecular complexity index is 427. The predicted molar refractivity (Wildman–Crippen MR) is 74.4 cm³/mol. The molecule has 0 saturated carbocycles. The molecule has 1 atom stereocenters. The number of aryl methyl sites for hydroxylation is 2. The van der Waals surface area contributed by atoms with Crippen LogP contribution in [0.1, 0.15) is 33.0 Å². The second-order valence-corrected chi connectivity index (χ2v) is 6.64. The minimum Gasteiger partial charge on any atom is -0.396 e. The summed E-state index contributed by atoms with van der Waals surface area (Å²) < 4.78 is 0. The molecule has 4 heteroatoms. The molecular formula is C14H21NO2S. The normalized spacial score (nSPS) is 21.2. The molecule has 1 unspecified atom stereocenters. The third-order valence-corrected chi connectivity index (χ3v) is 4.54. The number of hydrogen-bond acceptors (Lipinski definition) is 4. The lowest BCUT2D eigenvalue weighted by molar-refractivity contribution is 0.0833. The van der Waals surface area contributed by atoms with Crippen LogP contribution in [0.25, 0.3) is 0 Å². The van der Waals surface area contributed by atoms with E-state index in [-0.39, 0.29) is 12.4 Å². The molecule has 0 radical (unpaired) electrons. The van der Waals surface area contributed by atoms with Gasteiger partial charge in [0, 0.05) is 28.5 Å². The number of nitrogens with zero attached hydrogens (tertiary/aromatic N) is 1. The topological polar surface area (TPSA) is 40.5 Å². The highest BCUT2D eigenvalue weighted by Gasteiger charge is 2.22. The lowest BCUT2D eigenvalue weighted by atomic mass is 9.98. The van der Waals surface area contributed by atoms with E-state index in [9.17, 15) is 9.90 Å². The molecule has 0 aliphatic carbocycles. The number of aliphatic hydroxyl groups excluding tert-OH is 1. The Morgan fingerprint density at radius 1 is 1.56 bits per heavy atom. The van der Waals surface area contributed by atoms with Crippen molar-refractivity contribution in [2.75, 3.05) is 26.2 Å². The summed E-state index contributed by atoms with van der Waals surface area (Å²) in [5, 5.41) is 9.20. The zero-order valence-corrected chi connectivity index (χ0v) is 11.9. The summed E-state index contributed by atoms with van der Waals surface area (Å²) in [4.78, 5) is 16.7. The maximum absolute atomic E-state index is 12.2. The van der Waals surface area contributed by atoms with Crippen LogP contribution in [0.15, 0.2) is 6.07 Å². The van der Waals surface area contributed by atoms with Gasteiger partial charge in [-0.05, 0) is 45.2 Å². The molecule has 0 spiro atoms. The number of carbonyl (C=O) groups is 1. The molecule has 0 amide bonds. The Morgan fingerprint density at radius 2 is 2.33 bits per heavy atom. The van der Waals surface area contributed by atoms with Crippen molar-refractivity contribution in [3.05, 3.63) is 21.4 Å². The van der Waals surface area contributed by atoms with Crippen molar-refractivity contribution in [2.24, 2.45) is 5.92 Å². The average Bonchev–Trinajstić information content (AvgIpc) is 2.69. The molecule has 1 aliphatic heterocycles. The van der Waals surface area contributed by atoms with E-state index >= 15 is 0 Å². The Morgan fingerprint density at radius 3 is 2.94 bits per heavy atom. The molecule has 1 aromatic rings. The molecule has 1 fully saturated rings. The zero-order valence-electron chi connectivity index (χ0n) is 11.1. The highest BCUT2D eigenvalue weighted by atomic mass is 32.1. The first kappa shape index (κ1) is 13.7. The highest BCUT2D eigenvalue weighted by molar-refractivity contribution is 7.12. The number of hydrogen-bond donors (Lipinski definition) is 1. The second-order valence-electron chi connectivity index (χ2n) is 5.18. The number of piperidine rings is 1. The van der Waals surface area contributed by atoms with E-state index in [0.717, 1.165) is 36.4 Å². The van der Waals surface area contributed by atoms with Gasteiger partial charge in [-0.1, -0.05) is 0 Å². The Hall–Kier alpha value is -0.710. The molecule has 1 aromatic heterocycles. The van der Waals surface area contributed by atoms with Crippen molar-refractivity contribution >= 4 is 17.1 Å². The van der Waals surface area contributed by atoms with Crippen molar-refractivity contribution in [3.63, 3.8) is 0 Å². The number of rotatable bonds is 4. The number of likely N-dealkylation sites (tertiary alicyclic amines) is 1. The smallest absolute Gasteiger partial charge is 0.177 e. The van der Waals surface area contributed by atoms with Crippen LogP contribution in [-0.4, -0.2) is 42.0 Å². The van der Waals surface area contributed by atoms with E-state index < -0.39 is 0 Å². The maximum atomic E-state index is 12.2. The first-order chi connectivity index (χ1) is 8.60. The largest absolute Gasteiger partial charge is 0.396 e. The van der Waals surface area contributed by atoms with Crippen molar-refractivity contribution in [2.45, 2.75) is 26.7 Å². The van der Waals surface area contributed by atoms with Gasteiger partial charge in [-0.2, -0.15) is 0 Å². The fraction of sp³-hybridized carbons (Fsp3) is 0.643. The van der Waals surface area contributed by atoms with Gasteiger partial charge in [0.05, 0.1) is 6.54 Å². The van der Waals surface area contributed by atoms with E-state index in [0.29, 0.717) is 12.5 Å². The van der Waals surface area contributed by atoms with Crippen LogP contribution in [0, 0.1) is 19.8 Å². The fourth-order valence-electron chi connectivity index (χ4n) is 2.64. The average molecular weight is 267 g/mol. The van der Waals surface area contributed by atoms with Crippen molar-refractivity contribution in [3.8, 4) is 0 Å². The maximum Gasteiger partial charge on any atom is 0.177 e. The molecule has 1 N–H and O–H groups in total. The summed E-state index contributed by atoms with van der Waals surface area (Å²) in [6, 6.07) is 2.00. The van der Waals surface area contributed by atoms with E-state index in [1.54, 1.807) is 11.3 Å². The van der Waals surface area contributed by atoms with Gasteiger partial charge in [0.1, 0.15) is 0 Å². The monoisotopic (exact) mass is 267 g/mol. The van der Waals surface area contributed by atoms with Gasteiger partial charge in [-0.15, -0.1) is 11.3 Å². The van der Waals surface area contributed by atoms with Gasteiger partial charge >= 0.3 is 0 Å². The molecule has 1 aliphatic rings. The minimum absolute atomic E-state index is 0.218. The standard InChI is InChI=1S/C14H21NO2S/c1-10-6-13(11(2)18-10)14(17)8-15-5-3-4-12(7-15)9-16/h6,12,16H,3-5,7-9H2,1-2H3. The summed E-state index contributed by atoms with van der Waals surface area (Å²) in [7, 11) is 0. The van der Waals surface area contributed by atoms with Crippen LogP contribution in [0.2, 0.25) is 0 Å². The third-order valence-electron chi connectivity index (χ3n) is 3.57. The van der Waals surface area contributed by atoms with Crippen LogP contribution in [0.3, 0.4) is 0 Å². The summed E-state index contributed by atoms with van der Waals surface area (Å²) in [6.07, 6.45) is 2.16. The Kier molecular flexibility index (Phi) is 4.54. The van der Waals surface area contributed by atoms with Gasteiger partial charge in [-0.3, -0.25) is 9.69 Å². The molecule has 1 saturated heterocycles. The quantitative estimate of drug-likeness (QED) is 0.851. The zero-order chi connectivity index (χ0) is 13.1. The first-order valence-electron chi connectivity index (χ1n) is 6.53. The number of thiophene rings is 1. The summed E-state index contributed by atoms with van der Waals surface area (Å²) >= 11 is 1.69. The summed E-state index contributed by atoms with van der Waals surface area (Å²) in [6.45, 7) is 6.61. The number of Topliss-reactive ketones (excluding diaryl/α,β-unsaturated/α-hetero) is 1. The lowest BCUT2D eigenvalue weighted by Crippen LogP contribution is -2.39. The SMILES string of the molecule is Cc1cc(C(=O)CN2CCCC(CO)C2)c(C)s1. The molecule has 0 aromatic carbocycles. The lowest BCUT2D eigenvalue weighted by Gasteiger charge is -2.31. The van der Waals surface area contributed by atoms with E-state index in [2.05, 4.69) is 4.90 Å². The van der Waals surface area contributed by atoms with Gasteiger partial charge in [-0.25, -0.2) is 0 Å². The fourth-order valence-corrected chi connectivity index (χ4v) is 3.58. The number of ketones is 1. The molecule has 2 heterocycles. The van der Waals surface area contributed by atoms with Crippen molar-refractivity contribution < 1.29 is 9.90 Å². The first-order valence-corrected chi connectivity index (χ1v) is 7.35. The summed E-state index contributed by atoms with van der Waals surface area (Å²) in [5.74, 6) is 0.562. The number of aliphatic hydroxyl groups is 1. The van der Waals surface area contributed by atoms with Crippen LogP contribution < -0.4 is 0 Å². The second kappa shape index (κ2) is 5.95. The molecule has 0 bridgehead atoms. The van der Waals surface area contributed by atoms with E-state index in [4.69, 9.17) is 0 Å². The van der Waals surface area contributed by atoms with Crippen LogP contribution in [-0.2, 0) is 0 Å². The Labute approximate surface area is 112 Å². The Balaban J connectivity index is 1.97. The molecule has 3 nitrogen and oxygen atoms in total. The molecule has 18 heavy (non-hydrogen) atoms. The highest BCUT2D eigenvalue weighted by Crippen LogP contribution is 2.22. The molecular weight excluding hydrogens is 246 g/mol. The van der Waals surface area contributed by atoms with E-state index in [1.165, 1.54) is 4.88 Å². The van der Waals surface area contributed by atoms with E-state index in [1.807, 2.05) is 19.9 Å². The van der Waals surface area contributed by atoms with Crippen molar-refractivity contribution in [1.29, 1.82) is 0 Å². The van der Waals surface area contributed by atoms with Gasteiger partial charge < -0.3 is 5.11 Å². The number of carbonyl (C=O) groups excluding carboxylic acids is 1. The third kappa shape index (κ3) is 3.19. The van der Waals surface area contributed by atoms with Crippen LogP contribution in [0.4, 0.5) is 0 Å². The van der Waals surface area contributed by atoms with Gasteiger partial charge in [0.15, 0.2) is 5.78 Å². The molecule has 2 rings (SSSR count). The predicted octanol–water partition coefficient (Wildman–Crippen LogP) is 2.25. The van der Waals surface area contributed by atoms with Gasteiger partial charge in [0.25, 0.3) is 0 Å². The van der Waals surface area contributed by atoms with Crippen LogP contribution in [0.5, 0.6) is 0 Å². The summed E-state index contributed by atoms with van der Waals surface area (Å²) in [5.41, 5.74) is 0.878. The van der Waals surface area contributed by atoms with Crippen LogP contribution >= 0.6 is 11.3 Å². The van der Waals surface area contributed by atoms with Gasteiger partial charge in [0.2, 0.25) is 0 Å². The minimum atomic E-state index is 0.218. The van der Waals surface area contributed by atoms with Crippen molar-refractivity contribution in [1.82, 2.24) is 4.90 Å². The molecule has 100 valence electrons.